The summed E-state index contributed by atoms with van der Waals surface area (Å²) in [5, 5.41) is 3.62. The lowest BCUT2D eigenvalue weighted by molar-refractivity contribution is 0.371. The molecule has 2 rings (SSSR count). The summed E-state index contributed by atoms with van der Waals surface area (Å²) in [6.45, 7) is 33.2. The van der Waals surface area contributed by atoms with E-state index < -0.39 is 0 Å². The molecule has 2 heteroatoms. The van der Waals surface area contributed by atoms with Crippen LogP contribution in [0.25, 0.3) is 5.76 Å². The molecule has 1 aliphatic heterocycles. The van der Waals surface area contributed by atoms with Crippen molar-refractivity contribution in [1.82, 2.24) is 5.32 Å². The maximum absolute atomic E-state index is 5.32. The van der Waals surface area contributed by atoms with Gasteiger partial charge >= 0.3 is 0 Å². The molecular formula is C30H45NO. The highest BCUT2D eigenvalue weighted by molar-refractivity contribution is 5.64. The predicted octanol–water partition coefficient (Wildman–Crippen LogP) is 9.00. The molecule has 0 saturated carbocycles. The highest BCUT2D eigenvalue weighted by atomic mass is 16.5. The molecule has 1 atom stereocenters. The van der Waals surface area contributed by atoms with Crippen LogP contribution in [0, 0.1) is 6.92 Å². The van der Waals surface area contributed by atoms with E-state index in [1.54, 1.807) is 7.11 Å². The van der Waals surface area contributed by atoms with Crippen LogP contribution in [0.2, 0.25) is 0 Å². The van der Waals surface area contributed by atoms with Crippen LogP contribution in [0.4, 0.5) is 0 Å². The van der Waals surface area contributed by atoms with Crippen LogP contribution in [0.3, 0.4) is 0 Å². The third kappa shape index (κ3) is 6.38. The largest absolute Gasteiger partial charge is 0.497 e. The Kier molecular flexibility index (Phi) is 12.5. The second-order valence-electron chi connectivity index (χ2n) is 7.62. The number of nitrogens with one attached hydrogen (secondary N) is 1. The highest BCUT2D eigenvalue weighted by Gasteiger charge is 2.32. The lowest BCUT2D eigenvalue weighted by Crippen LogP contribution is -2.27. The number of allylic oxidation sites excluding steroid dienone is 7. The van der Waals surface area contributed by atoms with Gasteiger partial charge in [0, 0.05) is 22.9 Å². The minimum absolute atomic E-state index is 0.0889. The first-order valence-electron chi connectivity index (χ1n) is 11.6. The van der Waals surface area contributed by atoms with Gasteiger partial charge < -0.3 is 10.1 Å². The number of rotatable bonds is 6. The maximum atomic E-state index is 5.32. The van der Waals surface area contributed by atoms with Crippen molar-refractivity contribution in [3.05, 3.63) is 100.0 Å². The second-order valence-corrected chi connectivity index (χ2v) is 7.62. The van der Waals surface area contributed by atoms with Crippen molar-refractivity contribution in [2.75, 3.05) is 7.11 Å². The van der Waals surface area contributed by atoms with Gasteiger partial charge in [-0.1, -0.05) is 76.8 Å². The van der Waals surface area contributed by atoms with E-state index in [4.69, 9.17) is 4.74 Å². The van der Waals surface area contributed by atoms with Gasteiger partial charge in [-0.2, -0.15) is 0 Å². The molecule has 0 aromatic heterocycles. The molecule has 0 aliphatic carbocycles. The topological polar surface area (TPSA) is 21.3 Å². The van der Waals surface area contributed by atoms with Crippen LogP contribution in [0.1, 0.15) is 84.9 Å². The zero-order chi connectivity index (χ0) is 25.2. The lowest BCUT2D eigenvalue weighted by Gasteiger charge is -2.35. The molecule has 0 saturated heterocycles. The van der Waals surface area contributed by atoms with E-state index in [1.807, 2.05) is 27.7 Å². The molecule has 0 spiro atoms. The zero-order valence-electron chi connectivity index (χ0n) is 22.4. The SMILES string of the molecule is C=C(C)C1=C(C)NC(/C(C)=C\C)=C(C(=C)C)C1c1ccc(C(=C)OC)cc1C.CC.CC. The van der Waals surface area contributed by atoms with Crippen molar-refractivity contribution in [2.24, 2.45) is 0 Å². The number of methoxy groups -OCH3 is 1. The van der Waals surface area contributed by atoms with E-state index in [0.717, 1.165) is 28.1 Å². The van der Waals surface area contributed by atoms with E-state index in [1.165, 1.54) is 27.8 Å². The Bertz CT molecular complexity index is 938. The van der Waals surface area contributed by atoms with E-state index in [-0.39, 0.29) is 5.92 Å². The van der Waals surface area contributed by atoms with E-state index in [9.17, 15) is 0 Å². The number of aryl methyl sites for hydroxylation is 1. The van der Waals surface area contributed by atoms with Gasteiger partial charge in [-0.15, -0.1) is 0 Å². The smallest absolute Gasteiger partial charge is 0.118 e. The Balaban J connectivity index is 0.00000227. The summed E-state index contributed by atoms with van der Waals surface area (Å²) in [7, 11) is 1.65. The molecule has 1 aliphatic rings. The summed E-state index contributed by atoms with van der Waals surface area (Å²) >= 11 is 0. The summed E-state index contributed by atoms with van der Waals surface area (Å²) in [5.74, 6) is 0.763. The van der Waals surface area contributed by atoms with Crippen molar-refractivity contribution in [3.8, 4) is 0 Å². The minimum Gasteiger partial charge on any atom is -0.497 e. The Morgan fingerprint density at radius 3 is 1.88 bits per heavy atom. The molecule has 2 nitrogen and oxygen atoms in total. The fraction of sp³-hybridized carbons (Fsp3) is 0.400. The number of hydrogen-bond donors (Lipinski definition) is 1. The molecule has 1 N–H and O–H groups in total. The average molecular weight is 436 g/mol. The van der Waals surface area contributed by atoms with Gasteiger partial charge in [0.1, 0.15) is 5.76 Å². The molecule has 32 heavy (non-hydrogen) atoms. The standard InChI is InChI=1S/C26H33NO.2C2H6/c1-11-17(6)26-24(16(4)5)25(23(15(2)3)19(8)27-26)22-13-12-21(14-18(22)7)20(9)28-10;2*1-2/h11-14,25,27H,2,4,9H2,1,3,5-8,10H3;2*1-2H3/b17-11-;;. The van der Waals surface area contributed by atoms with Crippen LogP contribution < -0.4 is 5.32 Å². The number of dihydropyridines is 1. The van der Waals surface area contributed by atoms with Gasteiger partial charge in [0.05, 0.1) is 7.11 Å². The Hall–Kier alpha value is -2.74. The first-order chi connectivity index (χ1) is 15.1. The van der Waals surface area contributed by atoms with Crippen molar-refractivity contribution >= 4 is 5.76 Å². The van der Waals surface area contributed by atoms with E-state index in [0.29, 0.717) is 5.76 Å². The van der Waals surface area contributed by atoms with Gasteiger partial charge in [-0.05, 0) is 75.5 Å². The van der Waals surface area contributed by atoms with Crippen LogP contribution in [0.5, 0.6) is 0 Å². The van der Waals surface area contributed by atoms with Crippen molar-refractivity contribution in [2.45, 2.75) is 75.2 Å². The first kappa shape index (κ1) is 29.3. The lowest BCUT2D eigenvalue weighted by atomic mass is 9.74. The third-order valence-electron chi connectivity index (χ3n) is 5.46. The first-order valence-corrected chi connectivity index (χ1v) is 11.6. The number of ether oxygens (including phenoxy) is 1. The quantitative estimate of drug-likeness (QED) is 0.450. The Morgan fingerprint density at radius 2 is 1.47 bits per heavy atom. The maximum Gasteiger partial charge on any atom is 0.118 e. The molecule has 0 fully saturated rings. The summed E-state index contributed by atoms with van der Waals surface area (Å²) < 4.78 is 5.32. The highest BCUT2D eigenvalue weighted by Crippen LogP contribution is 2.45. The van der Waals surface area contributed by atoms with Gasteiger partial charge in [-0.3, -0.25) is 0 Å². The molecule has 1 heterocycles. The van der Waals surface area contributed by atoms with Gasteiger partial charge in [0.2, 0.25) is 0 Å². The summed E-state index contributed by atoms with van der Waals surface area (Å²) in [6.07, 6.45) is 2.14. The molecule has 0 amide bonds. The Morgan fingerprint density at radius 1 is 0.938 bits per heavy atom. The molecule has 1 aromatic carbocycles. The van der Waals surface area contributed by atoms with Gasteiger partial charge in [0.25, 0.3) is 0 Å². The van der Waals surface area contributed by atoms with Crippen molar-refractivity contribution in [3.63, 3.8) is 0 Å². The zero-order valence-corrected chi connectivity index (χ0v) is 22.4. The average Bonchev–Trinajstić information content (AvgIpc) is 2.79. The number of hydrogen-bond acceptors (Lipinski definition) is 2. The van der Waals surface area contributed by atoms with Gasteiger partial charge in [-0.25, -0.2) is 0 Å². The monoisotopic (exact) mass is 435 g/mol. The third-order valence-corrected chi connectivity index (χ3v) is 5.46. The number of benzene rings is 1. The predicted molar refractivity (Wildman–Crippen MR) is 145 cm³/mol. The van der Waals surface area contributed by atoms with Crippen LogP contribution >= 0.6 is 0 Å². The van der Waals surface area contributed by atoms with Crippen molar-refractivity contribution in [1.29, 1.82) is 0 Å². The molecule has 0 bridgehead atoms. The fourth-order valence-electron chi connectivity index (χ4n) is 3.91. The fourth-order valence-corrected chi connectivity index (χ4v) is 3.91. The molecule has 1 aromatic rings. The minimum atomic E-state index is 0.0889. The van der Waals surface area contributed by atoms with Gasteiger partial charge in [0.15, 0.2) is 0 Å². The summed E-state index contributed by atoms with van der Waals surface area (Å²) in [5.41, 5.74) is 11.5. The van der Waals surface area contributed by atoms with E-state index >= 15 is 0 Å². The van der Waals surface area contributed by atoms with Crippen LogP contribution in [0.15, 0.2) is 83.3 Å². The van der Waals surface area contributed by atoms with Crippen molar-refractivity contribution < 1.29 is 4.74 Å². The summed E-state index contributed by atoms with van der Waals surface area (Å²) in [4.78, 5) is 0. The molecule has 176 valence electrons. The molecule has 1 unspecified atom stereocenters. The normalized spacial score (nSPS) is 15.6. The Labute approximate surface area is 198 Å². The van der Waals surface area contributed by atoms with E-state index in [2.05, 4.69) is 90.9 Å². The molecular weight excluding hydrogens is 390 g/mol. The van der Waals surface area contributed by atoms with Crippen LogP contribution in [-0.2, 0) is 4.74 Å². The second kappa shape index (κ2) is 13.6. The van der Waals surface area contributed by atoms with Crippen LogP contribution in [-0.4, -0.2) is 7.11 Å². The molecule has 0 radical (unpaired) electrons. The summed E-state index contributed by atoms with van der Waals surface area (Å²) in [6, 6.07) is 6.42.